The van der Waals surface area contributed by atoms with Crippen LogP contribution >= 0.6 is 0 Å². The topological polar surface area (TPSA) is 79.3 Å². The van der Waals surface area contributed by atoms with Gasteiger partial charge < -0.3 is 24.4 Å². The quantitative estimate of drug-likeness (QED) is 0.174. The molecule has 7 nitrogen and oxygen atoms in total. The number of hydrogen-bond donors (Lipinski definition) is 1. The number of ether oxygens (including phenoxy) is 2. The first kappa shape index (κ1) is 28.0. The second kappa shape index (κ2) is 13.1. The van der Waals surface area contributed by atoms with Crippen LogP contribution in [-0.4, -0.2) is 65.5 Å². The third-order valence-electron chi connectivity index (χ3n) is 6.37. The Morgan fingerprint density at radius 3 is 2.24 bits per heavy atom. The average Bonchev–Trinajstić information content (AvgIpc) is 3.15. The molecule has 1 amide bonds. The molecule has 2 aromatic carbocycles. The second-order valence-electron chi connectivity index (χ2n) is 9.23. The SMILES string of the molecule is C=CCOc1ccc(C2/C(=C(\O)c3ccc(OC(C)C)cc3)C(=O)C(=O)N2CCCN(CC)CC)cc1. The molecule has 1 fully saturated rings. The zero-order valence-electron chi connectivity index (χ0n) is 22.3. The molecular weight excluding hydrogens is 468 g/mol. The van der Waals surface area contributed by atoms with E-state index < -0.39 is 17.7 Å². The van der Waals surface area contributed by atoms with Crippen LogP contribution in [0.1, 0.15) is 51.3 Å². The monoisotopic (exact) mass is 506 g/mol. The summed E-state index contributed by atoms with van der Waals surface area (Å²) < 4.78 is 11.3. The number of ketones is 1. The van der Waals surface area contributed by atoms with Crippen molar-refractivity contribution in [2.24, 2.45) is 0 Å². The highest BCUT2D eigenvalue weighted by atomic mass is 16.5. The number of aliphatic hydroxyl groups is 1. The predicted molar refractivity (Wildman–Crippen MR) is 146 cm³/mol. The van der Waals surface area contributed by atoms with Gasteiger partial charge in [0.15, 0.2) is 0 Å². The zero-order chi connectivity index (χ0) is 26.9. The van der Waals surface area contributed by atoms with E-state index in [1.807, 2.05) is 26.0 Å². The molecule has 2 aromatic rings. The minimum atomic E-state index is -0.697. The van der Waals surface area contributed by atoms with Crippen LogP contribution in [0.5, 0.6) is 11.5 Å². The molecule has 0 radical (unpaired) electrons. The molecule has 1 saturated heterocycles. The van der Waals surface area contributed by atoms with E-state index in [2.05, 4.69) is 25.3 Å². The van der Waals surface area contributed by atoms with Gasteiger partial charge in [-0.3, -0.25) is 9.59 Å². The van der Waals surface area contributed by atoms with Crippen LogP contribution in [0.4, 0.5) is 0 Å². The van der Waals surface area contributed by atoms with Crippen molar-refractivity contribution in [2.45, 2.75) is 46.3 Å². The first-order valence-electron chi connectivity index (χ1n) is 12.9. The number of carbonyl (C=O) groups excluding carboxylic acids is 2. The van der Waals surface area contributed by atoms with Crippen LogP contribution in [-0.2, 0) is 9.59 Å². The minimum absolute atomic E-state index is 0.0135. The Balaban J connectivity index is 1.99. The van der Waals surface area contributed by atoms with E-state index in [1.165, 1.54) is 0 Å². The second-order valence-corrected chi connectivity index (χ2v) is 9.23. The first-order chi connectivity index (χ1) is 17.8. The molecule has 0 aliphatic carbocycles. The number of hydrogen-bond acceptors (Lipinski definition) is 6. The highest BCUT2D eigenvalue weighted by Crippen LogP contribution is 2.40. The number of nitrogens with zero attached hydrogens (tertiary/aromatic N) is 2. The van der Waals surface area contributed by atoms with Crippen molar-refractivity contribution in [1.82, 2.24) is 9.80 Å². The summed E-state index contributed by atoms with van der Waals surface area (Å²) in [4.78, 5) is 30.3. The Bertz CT molecular complexity index is 1100. The largest absolute Gasteiger partial charge is 0.507 e. The van der Waals surface area contributed by atoms with Crippen molar-refractivity contribution in [3.05, 3.63) is 77.9 Å². The molecule has 0 aromatic heterocycles. The lowest BCUT2D eigenvalue weighted by atomic mass is 9.95. The highest BCUT2D eigenvalue weighted by molar-refractivity contribution is 6.46. The number of aliphatic hydroxyl groups excluding tert-OH is 1. The Hall–Kier alpha value is -3.58. The highest BCUT2D eigenvalue weighted by Gasteiger charge is 2.45. The summed E-state index contributed by atoms with van der Waals surface area (Å²) in [5.41, 5.74) is 1.27. The van der Waals surface area contributed by atoms with Gasteiger partial charge in [0.1, 0.15) is 23.9 Å². The molecule has 1 heterocycles. The van der Waals surface area contributed by atoms with Gasteiger partial charge in [0.25, 0.3) is 11.7 Å². The smallest absolute Gasteiger partial charge is 0.295 e. The summed E-state index contributed by atoms with van der Waals surface area (Å²) in [5, 5.41) is 11.3. The van der Waals surface area contributed by atoms with Crippen molar-refractivity contribution >= 4 is 17.4 Å². The number of amides is 1. The fourth-order valence-electron chi connectivity index (χ4n) is 4.48. The maximum atomic E-state index is 13.3. The van der Waals surface area contributed by atoms with Crippen LogP contribution in [0.2, 0.25) is 0 Å². The standard InChI is InChI=1S/C30H38N2O5/c1-6-20-36-24-14-10-22(11-15-24)27-26(28(33)23-12-16-25(17-13-23)37-21(4)5)29(34)30(35)32(27)19-9-18-31(7-2)8-3/h6,10-17,21,27,33H,1,7-9,18-20H2,2-5H3/b28-26+. The Kier molecular flexibility index (Phi) is 9.92. The zero-order valence-corrected chi connectivity index (χ0v) is 22.3. The summed E-state index contributed by atoms with van der Waals surface area (Å²) >= 11 is 0. The van der Waals surface area contributed by atoms with Crippen molar-refractivity contribution in [3.63, 3.8) is 0 Å². The molecule has 7 heteroatoms. The Morgan fingerprint density at radius 1 is 1.05 bits per heavy atom. The number of carbonyl (C=O) groups is 2. The van der Waals surface area contributed by atoms with Crippen molar-refractivity contribution in [2.75, 3.05) is 32.8 Å². The van der Waals surface area contributed by atoms with Crippen LogP contribution in [0.15, 0.2) is 66.8 Å². The molecule has 0 saturated carbocycles. The maximum absolute atomic E-state index is 13.3. The molecule has 3 rings (SSSR count). The van der Waals surface area contributed by atoms with Crippen molar-refractivity contribution in [1.29, 1.82) is 0 Å². The molecular formula is C30H38N2O5. The van der Waals surface area contributed by atoms with Gasteiger partial charge in [0.2, 0.25) is 0 Å². The average molecular weight is 507 g/mol. The van der Waals surface area contributed by atoms with Crippen LogP contribution in [0, 0.1) is 0 Å². The predicted octanol–water partition coefficient (Wildman–Crippen LogP) is 5.19. The van der Waals surface area contributed by atoms with E-state index in [0.717, 1.165) is 25.2 Å². The molecule has 1 aliphatic heterocycles. The third kappa shape index (κ3) is 6.80. The molecule has 0 spiro atoms. The number of benzene rings is 2. The number of likely N-dealkylation sites (tertiary alicyclic amines) is 1. The van der Waals surface area contributed by atoms with E-state index in [-0.39, 0.29) is 17.4 Å². The van der Waals surface area contributed by atoms with Gasteiger partial charge in [-0.25, -0.2) is 0 Å². The van der Waals surface area contributed by atoms with Crippen molar-refractivity contribution in [3.8, 4) is 11.5 Å². The minimum Gasteiger partial charge on any atom is -0.507 e. The molecule has 0 bridgehead atoms. The molecule has 1 N–H and O–H groups in total. The van der Waals surface area contributed by atoms with Gasteiger partial charge in [0, 0.05) is 12.1 Å². The summed E-state index contributed by atoms with van der Waals surface area (Å²) in [6.07, 6.45) is 2.39. The van der Waals surface area contributed by atoms with Gasteiger partial charge in [0.05, 0.1) is 17.7 Å². The van der Waals surface area contributed by atoms with E-state index in [4.69, 9.17) is 9.47 Å². The van der Waals surface area contributed by atoms with Crippen molar-refractivity contribution < 1.29 is 24.2 Å². The maximum Gasteiger partial charge on any atom is 0.295 e. The summed E-state index contributed by atoms with van der Waals surface area (Å²) in [6.45, 7) is 15.2. The van der Waals surface area contributed by atoms with Gasteiger partial charge >= 0.3 is 0 Å². The lowest BCUT2D eigenvalue weighted by Gasteiger charge is -2.27. The van der Waals surface area contributed by atoms with Crippen LogP contribution in [0.25, 0.3) is 5.76 Å². The summed E-state index contributed by atoms with van der Waals surface area (Å²) in [6, 6.07) is 13.5. The first-order valence-corrected chi connectivity index (χ1v) is 12.9. The summed E-state index contributed by atoms with van der Waals surface area (Å²) in [7, 11) is 0. The molecule has 1 unspecified atom stereocenters. The molecule has 37 heavy (non-hydrogen) atoms. The number of rotatable bonds is 13. The van der Waals surface area contributed by atoms with Gasteiger partial charge in [-0.1, -0.05) is 38.6 Å². The van der Waals surface area contributed by atoms with E-state index in [0.29, 0.717) is 36.6 Å². The Morgan fingerprint density at radius 2 is 1.68 bits per heavy atom. The number of Topliss-reactive ketones (excluding diaryl/α,β-unsaturated/α-hetero) is 1. The summed E-state index contributed by atoms with van der Waals surface area (Å²) in [5.74, 6) is -0.159. The third-order valence-corrected chi connectivity index (χ3v) is 6.37. The molecule has 1 aliphatic rings. The van der Waals surface area contributed by atoms with Crippen LogP contribution in [0.3, 0.4) is 0 Å². The van der Waals surface area contributed by atoms with Gasteiger partial charge in [-0.15, -0.1) is 0 Å². The van der Waals surface area contributed by atoms with Gasteiger partial charge in [-0.05, 0) is 81.9 Å². The Labute approximate surface area is 220 Å². The molecule has 1 atom stereocenters. The molecule has 198 valence electrons. The fourth-order valence-corrected chi connectivity index (χ4v) is 4.48. The lowest BCUT2D eigenvalue weighted by Crippen LogP contribution is -2.33. The van der Waals surface area contributed by atoms with E-state index in [9.17, 15) is 14.7 Å². The van der Waals surface area contributed by atoms with E-state index >= 15 is 0 Å². The van der Waals surface area contributed by atoms with Crippen LogP contribution < -0.4 is 9.47 Å². The normalized spacial score (nSPS) is 17.0. The van der Waals surface area contributed by atoms with Gasteiger partial charge in [-0.2, -0.15) is 0 Å². The fraction of sp³-hybridized carbons (Fsp3) is 0.400. The lowest BCUT2D eigenvalue weighted by molar-refractivity contribution is -0.140. The van der Waals surface area contributed by atoms with E-state index in [1.54, 1.807) is 47.4 Å².